The summed E-state index contributed by atoms with van der Waals surface area (Å²) in [4.78, 5) is 2.54. The van der Waals surface area contributed by atoms with Gasteiger partial charge in [-0.1, -0.05) is 127 Å². The molecule has 0 bridgehead atoms. The first kappa shape index (κ1) is 30.2. The van der Waals surface area contributed by atoms with Crippen LogP contribution in [-0.2, 0) is 10.1 Å². The van der Waals surface area contributed by atoms with E-state index in [0.29, 0.717) is 17.7 Å². The molecule has 1 atom stereocenters. The van der Waals surface area contributed by atoms with E-state index in [-0.39, 0.29) is 17.7 Å². The van der Waals surface area contributed by atoms with Gasteiger partial charge in [0.15, 0.2) is 6.23 Å². The average molecular weight is 558 g/mol. The third kappa shape index (κ3) is 6.12. The van der Waals surface area contributed by atoms with Crippen molar-refractivity contribution in [2.75, 3.05) is 0 Å². The SMILES string of the molecule is CC(C)NC1=[N+](c2ccc(C(C)(C)C)cc2)[B-](C2CCCCC2)(C2CCCCC2)O[C@H](c2ccccc2)N1C(C)C. The molecule has 2 aromatic rings. The molecule has 1 heterocycles. The lowest BCUT2D eigenvalue weighted by Crippen LogP contribution is -2.69. The van der Waals surface area contributed by atoms with Crippen molar-refractivity contribution in [1.82, 2.24) is 10.2 Å². The predicted molar refractivity (Wildman–Crippen MR) is 175 cm³/mol. The van der Waals surface area contributed by atoms with Gasteiger partial charge < -0.3 is 9.14 Å². The number of rotatable bonds is 6. The zero-order chi connectivity index (χ0) is 29.2. The van der Waals surface area contributed by atoms with Crippen LogP contribution >= 0.6 is 0 Å². The maximum Gasteiger partial charge on any atom is 0.312 e. The lowest BCUT2D eigenvalue weighted by Gasteiger charge is -2.60. The Morgan fingerprint density at radius 2 is 1.32 bits per heavy atom. The Balaban J connectivity index is 1.82. The number of nitrogens with one attached hydrogen (secondary N) is 1. The number of guanidine groups is 1. The fourth-order valence-corrected chi connectivity index (χ4v) is 8.26. The Hall–Kier alpha value is -2.27. The molecule has 3 aliphatic rings. The molecule has 0 aromatic heterocycles. The monoisotopic (exact) mass is 557 g/mol. The van der Waals surface area contributed by atoms with Crippen molar-refractivity contribution >= 4 is 18.1 Å². The summed E-state index contributed by atoms with van der Waals surface area (Å²) in [5.41, 5.74) is 4.06. The number of hydrogen-bond donors (Lipinski definition) is 1. The van der Waals surface area contributed by atoms with Gasteiger partial charge in [-0.25, -0.2) is 4.90 Å². The van der Waals surface area contributed by atoms with E-state index in [4.69, 9.17) is 4.65 Å². The fourth-order valence-electron chi connectivity index (χ4n) is 8.26. The molecule has 2 aromatic carbocycles. The molecule has 2 fully saturated rings. The molecule has 224 valence electrons. The predicted octanol–water partition coefficient (Wildman–Crippen LogP) is 9.53. The minimum absolute atomic E-state index is 0.105. The molecule has 5 rings (SSSR count). The van der Waals surface area contributed by atoms with Crippen molar-refractivity contribution in [3.63, 3.8) is 0 Å². The van der Waals surface area contributed by atoms with Crippen LogP contribution in [0.15, 0.2) is 54.6 Å². The molecule has 1 aliphatic heterocycles. The van der Waals surface area contributed by atoms with Gasteiger partial charge in [0.05, 0.1) is 17.8 Å². The van der Waals surface area contributed by atoms with Crippen LogP contribution in [0.2, 0.25) is 11.6 Å². The summed E-state index contributed by atoms with van der Waals surface area (Å²) in [6.07, 6.45) is 13.0. The zero-order valence-electron chi connectivity index (χ0n) is 27.0. The first-order valence-electron chi connectivity index (χ1n) is 16.8. The smallest absolute Gasteiger partial charge is 0.312 e. The highest BCUT2D eigenvalue weighted by molar-refractivity contribution is 6.70. The molecule has 2 saturated carbocycles. The molecule has 0 radical (unpaired) electrons. The van der Waals surface area contributed by atoms with Gasteiger partial charge in [0.1, 0.15) is 0 Å². The Bertz CT molecular complexity index is 1140. The van der Waals surface area contributed by atoms with Gasteiger partial charge >= 0.3 is 5.96 Å². The third-order valence-electron chi connectivity index (χ3n) is 10.2. The molecular weight excluding hydrogens is 501 g/mol. The number of nitrogens with zero attached hydrogens (tertiary/aromatic N) is 2. The summed E-state index contributed by atoms with van der Waals surface area (Å²) < 4.78 is 10.7. The standard InChI is InChI=1S/C36H56BN3O/c1-27(2)38-35-39(28(3)4)34(29-17-11-8-12-18-29)41-37(31-19-13-9-14-20-31,32-21-15-10-16-22-32)40(35)33-25-23-30(24-26-33)36(5,6)7/h8,11-12,17-18,23-28,31-32,34,38H,9-10,13-16,19-22H2,1-7H3/t34-/m1/s1. The molecule has 0 unspecified atom stereocenters. The second kappa shape index (κ2) is 12.5. The van der Waals surface area contributed by atoms with E-state index in [2.05, 4.69) is 118 Å². The number of hydrogen-bond acceptors (Lipinski definition) is 3. The van der Waals surface area contributed by atoms with Gasteiger partial charge in [-0.15, -0.1) is 11.6 Å². The lowest BCUT2D eigenvalue weighted by atomic mass is 9.30. The molecule has 5 heteroatoms. The van der Waals surface area contributed by atoms with E-state index in [1.807, 2.05) is 0 Å². The second-order valence-electron chi connectivity index (χ2n) is 14.9. The Labute approximate surface area is 250 Å². The molecule has 4 nitrogen and oxygen atoms in total. The van der Waals surface area contributed by atoms with Gasteiger partial charge in [-0.2, -0.15) is 0 Å². The summed E-state index contributed by atoms with van der Waals surface area (Å²) in [6.45, 7) is 14.8. The van der Waals surface area contributed by atoms with Crippen molar-refractivity contribution in [3.05, 3.63) is 65.7 Å². The van der Waals surface area contributed by atoms with Crippen LogP contribution in [0.3, 0.4) is 0 Å². The minimum atomic E-state index is -1.38. The van der Waals surface area contributed by atoms with Crippen molar-refractivity contribution in [2.24, 2.45) is 0 Å². The van der Waals surface area contributed by atoms with E-state index < -0.39 is 6.48 Å². The summed E-state index contributed by atoms with van der Waals surface area (Å²) in [7, 11) is 0. The van der Waals surface area contributed by atoms with Gasteiger partial charge in [-0.05, 0) is 50.8 Å². The summed E-state index contributed by atoms with van der Waals surface area (Å²) in [6, 6.07) is 21.2. The van der Waals surface area contributed by atoms with E-state index in [1.54, 1.807) is 0 Å². The van der Waals surface area contributed by atoms with Crippen LogP contribution in [-0.4, -0.2) is 33.9 Å². The average Bonchev–Trinajstić information content (AvgIpc) is 2.97. The minimum Gasteiger partial charge on any atom is -0.526 e. The quantitative estimate of drug-likeness (QED) is 0.359. The fraction of sp³-hybridized carbons (Fsp3) is 0.639. The van der Waals surface area contributed by atoms with Crippen LogP contribution in [0.1, 0.15) is 130 Å². The van der Waals surface area contributed by atoms with Gasteiger partial charge in [-0.3, -0.25) is 5.32 Å². The maximum absolute atomic E-state index is 7.94. The van der Waals surface area contributed by atoms with E-state index >= 15 is 0 Å². The highest BCUT2D eigenvalue weighted by Crippen LogP contribution is 2.54. The summed E-state index contributed by atoms with van der Waals surface area (Å²) >= 11 is 0. The van der Waals surface area contributed by atoms with Crippen LogP contribution in [0.25, 0.3) is 0 Å². The first-order valence-corrected chi connectivity index (χ1v) is 16.8. The molecule has 41 heavy (non-hydrogen) atoms. The molecule has 1 N–H and O–H groups in total. The van der Waals surface area contributed by atoms with Crippen molar-refractivity contribution in [1.29, 1.82) is 0 Å². The molecule has 0 saturated heterocycles. The van der Waals surface area contributed by atoms with E-state index in [1.165, 1.54) is 87.0 Å². The molecular formula is C36H56BN3O. The molecule has 2 aliphatic carbocycles. The zero-order valence-corrected chi connectivity index (χ0v) is 27.0. The molecule has 0 spiro atoms. The van der Waals surface area contributed by atoms with E-state index in [0.717, 1.165) is 0 Å². The Morgan fingerprint density at radius 1 is 0.780 bits per heavy atom. The van der Waals surface area contributed by atoms with Gasteiger partial charge in [0.25, 0.3) is 6.48 Å². The normalized spacial score (nSPS) is 23.0. The number of benzene rings is 2. The van der Waals surface area contributed by atoms with Crippen LogP contribution < -0.4 is 5.32 Å². The van der Waals surface area contributed by atoms with Gasteiger partial charge in [0, 0.05) is 5.56 Å². The first-order chi connectivity index (χ1) is 19.6. The van der Waals surface area contributed by atoms with Crippen LogP contribution in [0.4, 0.5) is 5.69 Å². The Kier molecular flexibility index (Phi) is 9.23. The topological polar surface area (TPSA) is 27.5 Å². The third-order valence-corrected chi connectivity index (χ3v) is 10.2. The largest absolute Gasteiger partial charge is 0.526 e. The van der Waals surface area contributed by atoms with Crippen LogP contribution in [0.5, 0.6) is 0 Å². The molecule has 0 amide bonds. The summed E-state index contributed by atoms with van der Waals surface area (Å²) in [5.74, 6) is 2.35. The van der Waals surface area contributed by atoms with Crippen LogP contribution in [0, 0.1) is 0 Å². The van der Waals surface area contributed by atoms with Gasteiger partial charge in [0.2, 0.25) is 0 Å². The lowest BCUT2D eigenvalue weighted by molar-refractivity contribution is -0.368. The van der Waals surface area contributed by atoms with Crippen molar-refractivity contribution < 1.29 is 9.14 Å². The van der Waals surface area contributed by atoms with Crippen molar-refractivity contribution in [2.45, 2.75) is 148 Å². The Morgan fingerprint density at radius 3 is 1.78 bits per heavy atom. The summed E-state index contributed by atoms with van der Waals surface area (Å²) in [5, 5.41) is 4.04. The van der Waals surface area contributed by atoms with Crippen molar-refractivity contribution in [3.8, 4) is 0 Å². The maximum atomic E-state index is 7.94. The highest BCUT2D eigenvalue weighted by Gasteiger charge is 2.56. The van der Waals surface area contributed by atoms with E-state index in [9.17, 15) is 0 Å². The second-order valence-corrected chi connectivity index (χ2v) is 14.9. The highest BCUT2D eigenvalue weighted by atomic mass is 16.5.